The third kappa shape index (κ3) is 2.54. The number of carbonyl (C=O) groups is 1. The van der Waals surface area contributed by atoms with Crippen molar-refractivity contribution in [2.45, 2.75) is 26.2 Å². The number of fused-ring (bicyclic) bond motifs is 1. The van der Waals surface area contributed by atoms with Crippen molar-refractivity contribution in [2.75, 3.05) is 5.43 Å². The highest BCUT2D eigenvalue weighted by atomic mass is 16.4. The second-order valence-electron chi connectivity index (χ2n) is 5.03. The number of benzene rings is 1. The molecule has 2 aromatic rings. The Bertz CT molecular complexity index is 702. The fourth-order valence-corrected chi connectivity index (χ4v) is 2.62. The lowest BCUT2D eigenvalue weighted by atomic mass is 9.93. The largest absolute Gasteiger partial charge is 0.542 e. The van der Waals surface area contributed by atoms with Gasteiger partial charge in [0.05, 0.1) is 11.4 Å². The second kappa shape index (κ2) is 5.44. The maximum atomic E-state index is 11.1. The minimum Gasteiger partial charge on any atom is -0.542 e. The number of furan rings is 1. The van der Waals surface area contributed by atoms with Crippen LogP contribution in [0.15, 0.2) is 39.9 Å². The van der Waals surface area contributed by atoms with Crippen molar-refractivity contribution in [2.24, 2.45) is 5.10 Å². The van der Waals surface area contributed by atoms with Crippen LogP contribution in [0.1, 0.15) is 40.3 Å². The molecule has 0 bridgehead atoms. The van der Waals surface area contributed by atoms with Gasteiger partial charge in [-0.3, -0.25) is 5.43 Å². The molecule has 0 atom stereocenters. The van der Waals surface area contributed by atoms with Gasteiger partial charge in [-0.05, 0) is 31.9 Å². The molecule has 0 saturated heterocycles. The number of aryl methyl sites for hydroxylation is 1. The Labute approximate surface area is 122 Å². The van der Waals surface area contributed by atoms with E-state index in [0.717, 1.165) is 36.2 Å². The average Bonchev–Trinajstić information content (AvgIpc) is 2.84. The molecule has 0 amide bonds. The van der Waals surface area contributed by atoms with Gasteiger partial charge in [-0.25, -0.2) is 0 Å². The van der Waals surface area contributed by atoms with Crippen LogP contribution < -0.4 is 10.5 Å². The predicted octanol–water partition coefficient (Wildman–Crippen LogP) is 2.10. The molecule has 0 radical (unpaired) electrons. The van der Waals surface area contributed by atoms with E-state index in [-0.39, 0.29) is 5.76 Å². The number of para-hydroxylation sites is 1. The molecular weight excluding hydrogens is 268 g/mol. The van der Waals surface area contributed by atoms with Crippen LogP contribution in [-0.4, -0.2) is 11.7 Å². The molecule has 0 spiro atoms. The molecule has 0 unspecified atom stereocenters. The maximum absolute atomic E-state index is 11.1. The van der Waals surface area contributed by atoms with E-state index in [1.807, 2.05) is 30.3 Å². The molecule has 0 aliphatic heterocycles. The van der Waals surface area contributed by atoms with Crippen LogP contribution in [0.25, 0.3) is 0 Å². The lowest BCUT2D eigenvalue weighted by Gasteiger charge is -2.13. The van der Waals surface area contributed by atoms with Crippen molar-refractivity contribution in [1.29, 1.82) is 0 Å². The molecule has 0 fully saturated rings. The summed E-state index contributed by atoms with van der Waals surface area (Å²) in [6.07, 6.45) is 2.41. The molecule has 1 aromatic carbocycles. The summed E-state index contributed by atoms with van der Waals surface area (Å²) in [6.45, 7) is 1.73. The van der Waals surface area contributed by atoms with Gasteiger partial charge in [0.2, 0.25) is 0 Å². The first-order valence-electron chi connectivity index (χ1n) is 6.88. The lowest BCUT2D eigenvalue weighted by Crippen LogP contribution is -2.22. The molecule has 5 heteroatoms. The zero-order valence-corrected chi connectivity index (χ0v) is 11.7. The number of hydrazone groups is 1. The molecule has 0 saturated carbocycles. The van der Waals surface area contributed by atoms with Gasteiger partial charge in [-0.15, -0.1) is 0 Å². The first kappa shape index (κ1) is 13.4. The first-order valence-corrected chi connectivity index (χ1v) is 6.88. The van der Waals surface area contributed by atoms with Gasteiger partial charge in [0.15, 0.2) is 5.76 Å². The lowest BCUT2D eigenvalue weighted by molar-refractivity contribution is -0.257. The smallest absolute Gasteiger partial charge is 0.153 e. The molecular formula is C16H15N2O3-. The van der Waals surface area contributed by atoms with Crippen molar-refractivity contribution in [3.8, 4) is 0 Å². The Balaban J connectivity index is 1.95. The minimum absolute atomic E-state index is 0.0886. The van der Waals surface area contributed by atoms with Gasteiger partial charge in [0.25, 0.3) is 0 Å². The van der Waals surface area contributed by atoms with Gasteiger partial charge in [0.1, 0.15) is 11.7 Å². The molecule has 5 nitrogen and oxygen atoms in total. The van der Waals surface area contributed by atoms with E-state index in [2.05, 4.69) is 10.5 Å². The van der Waals surface area contributed by atoms with E-state index in [0.29, 0.717) is 11.3 Å². The van der Waals surface area contributed by atoms with Crippen molar-refractivity contribution in [3.63, 3.8) is 0 Å². The third-order valence-electron chi connectivity index (χ3n) is 3.60. The molecule has 3 rings (SSSR count). The summed E-state index contributed by atoms with van der Waals surface area (Å²) in [4.78, 5) is 11.1. The Kier molecular flexibility index (Phi) is 3.48. The highest BCUT2D eigenvalue weighted by Crippen LogP contribution is 2.29. The summed E-state index contributed by atoms with van der Waals surface area (Å²) in [6, 6.07) is 9.62. The number of nitrogens with zero attached hydrogens (tertiary/aromatic N) is 1. The van der Waals surface area contributed by atoms with Gasteiger partial charge in [0, 0.05) is 17.5 Å². The zero-order chi connectivity index (χ0) is 14.8. The van der Waals surface area contributed by atoms with Crippen LogP contribution in [0.2, 0.25) is 0 Å². The summed E-state index contributed by atoms with van der Waals surface area (Å²) in [7, 11) is 0. The fourth-order valence-electron chi connectivity index (χ4n) is 2.62. The fraction of sp³-hybridized carbons (Fsp3) is 0.250. The van der Waals surface area contributed by atoms with E-state index < -0.39 is 5.97 Å². The van der Waals surface area contributed by atoms with Gasteiger partial charge < -0.3 is 14.3 Å². The number of rotatable bonds is 3. The van der Waals surface area contributed by atoms with Crippen molar-refractivity contribution in [3.05, 3.63) is 53.0 Å². The number of hydrogen-bond acceptors (Lipinski definition) is 5. The van der Waals surface area contributed by atoms with Crippen LogP contribution in [0.3, 0.4) is 0 Å². The summed E-state index contributed by atoms with van der Waals surface area (Å²) < 4.78 is 5.41. The summed E-state index contributed by atoms with van der Waals surface area (Å²) in [5, 5.41) is 15.5. The number of aromatic carboxylic acids is 1. The monoisotopic (exact) mass is 283 g/mol. The highest BCUT2D eigenvalue weighted by molar-refractivity contribution is 6.05. The zero-order valence-electron chi connectivity index (χ0n) is 11.7. The Hall–Kier alpha value is -2.56. The minimum atomic E-state index is -1.28. The number of carbonyl (C=O) groups excluding carboxylic acids is 1. The Morgan fingerprint density at radius 1 is 1.29 bits per heavy atom. The van der Waals surface area contributed by atoms with Crippen molar-refractivity contribution < 1.29 is 14.3 Å². The van der Waals surface area contributed by atoms with Crippen LogP contribution in [0.4, 0.5) is 5.69 Å². The van der Waals surface area contributed by atoms with E-state index in [4.69, 9.17) is 4.42 Å². The van der Waals surface area contributed by atoms with Gasteiger partial charge >= 0.3 is 0 Å². The molecule has 21 heavy (non-hydrogen) atoms. The molecule has 108 valence electrons. The molecule has 1 aliphatic carbocycles. The van der Waals surface area contributed by atoms with E-state index in [1.54, 1.807) is 6.92 Å². The number of carboxylic acid groups (broad SMARTS) is 1. The Morgan fingerprint density at radius 2 is 2.05 bits per heavy atom. The number of nitrogens with one attached hydrogen (secondary N) is 1. The highest BCUT2D eigenvalue weighted by Gasteiger charge is 2.25. The molecule has 1 heterocycles. The number of anilines is 1. The van der Waals surface area contributed by atoms with Crippen LogP contribution in [0, 0.1) is 6.92 Å². The summed E-state index contributed by atoms with van der Waals surface area (Å²) in [5.74, 6) is -0.682. The topological polar surface area (TPSA) is 77.7 Å². The van der Waals surface area contributed by atoms with Gasteiger partial charge in [-0.2, -0.15) is 5.10 Å². The van der Waals surface area contributed by atoms with Crippen LogP contribution in [-0.2, 0) is 6.42 Å². The normalized spacial score (nSPS) is 15.8. The average molecular weight is 283 g/mol. The summed E-state index contributed by atoms with van der Waals surface area (Å²) in [5.41, 5.74) is 6.12. The van der Waals surface area contributed by atoms with E-state index in [9.17, 15) is 9.90 Å². The second-order valence-corrected chi connectivity index (χ2v) is 5.03. The number of hydrogen-bond donors (Lipinski definition) is 1. The first-order chi connectivity index (χ1) is 10.2. The molecule has 1 aliphatic rings. The van der Waals surface area contributed by atoms with Crippen molar-refractivity contribution in [1.82, 2.24) is 0 Å². The maximum Gasteiger partial charge on any atom is 0.153 e. The quantitative estimate of drug-likeness (QED) is 0.875. The van der Waals surface area contributed by atoms with Crippen LogP contribution in [0.5, 0.6) is 0 Å². The van der Waals surface area contributed by atoms with E-state index >= 15 is 0 Å². The van der Waals surface area contributed by atoms with Gasteiger partial charge in [-0.1, -0.05) is 18.2 Å². The predicted molar refractivity (Wildman–Crippen MR) is 77.3 cm³/mol. The molecule has 1 N–H and O–H groups in total. The third-order valence-corrected chi connectivity index (χ3v) is 3.60. The SMILES string of the molecule is Cc1c(C(=O)[O-])oc2c1/C(=N\Nc1ccccc1)CCC2. The standard InChI is InChI=1S/C16H16N2O3/c1-10-14-12(18-17-11-6-3-2-4-7-11)8-5-9-13(14)21-15(10)16(19)20/h2-4,6-7,17H,5,8-9H2,1H3,(H,19,20)/p-1/b18-12-. The number of carboxylic acids is 1. The molecule has 1 aromatic heterocycles. The van der Waals surface area contributed by atoms with Crippen LogP contribution >= 0.6 is 0 Å². The van der Waals surface area contributed by atoms with E-state index in [1.165, 1.54) is 0 Å². The van der Waals surface area contributed by atoms with Crippen molar-refractivity contribution >= 4 is 17.4 Å². The summed E-state index contributed by atoms with van der Waals surface area (Å²) >= 11 is 0. The Morgan fingerprint density at radius 3 is 2.76 bits per heavy atom.